The van der Waals surface area contributed by atoms with Crippen LogP contribution in [0, 0.1) is 13.8 Å². The molecule has 2 heterocycles. The zero-order valence-corrected chi connectivity index (χ0v) is 13.8. The zero-order valence-electron chi connectivity index (χ0n) is 12.9. The number of nitrogens with zero attached hydrogens (tertiary/aromatic N) is 1. The minimum Gasteiger partial charge on any atom is -0.326 e. The molecule has 0 bridgehead atoms. The molecule has 0 aromatic heterocycles. The fourth-order valence-corrected chi connectivity index (χ4v) is 4.01. The van der Waals surface area contributed by atoms with Gasteiger partial charge in [-0.1, -0.05) is 18.2 Å². The molecule has 1 N–H and O–H groups in total. The van der Waals surface area contributed by atoms with E-state index in [1.165, 1.54) is 38.8 Å². The first-order chi connectivity index (χ1) is 9.61. The number of nitrogens with one attached hydrogen (secondary N) is 1. The lowest BCUT2D eigenvalue weighted by Crippen LogP contribution is -2.41. The average molecular weight is 309 g/mol. The lowest BCUT2D eigenvalue weighted by molar-refractivity contribution is -0.118. The van der Waals surface area contributed by atoms with Crippen LogP contribution in [0.3, 0.4) is 0 Å². The summed E-state index contributed by atoms with van der Waals surface area (Å²) in [6.45, 7) is 6.46. The summed E-state index contributed by atoms with van der Waals surface area (Å²) in [7, 11) is 0. The van der Waals surface area contributed by atoms with E-state index in [1.807, 2.05) is 6.07 Å². The van der Waals surface area contributed by atoms with Gasteiger partial charge in [-0.25, -0.2) is 0 Å². The molecule has 2 fully saturated rings. The number of aryl methyl sites for hydroxylation is 2. The maximum Gasteiger partial charge on any atom is 0.226 e. The van der Waals surface area contributed by atoms with Crippen molar-refractivity contribution >= 4 is 24.0 Å². The Morgan fingerprint density at radius 2 is 1.76 bits per heavy atom. The van der Waals surface area contributed by atoms with Gasteiger partial charge in [0.15, 0.2) is 0 Å². The van der Waals surface area contributed by atoms with Crippen LogP contribution in [0.25, 0.3) is 0 Å². The molecule has 3 rings (SSSR count). The molecule has 2 aliphatic rings. The molecule has 116 valence electrons. The Morgan fingerprint density at radius 3 is 2.33 bits per heavy atom. The summed E-state index contributed by atoms with van der Waals surface area (Å²) in [5, 5.41) is 3.15. The highest BCUT2D eigenvalue weighted by Gasteiger charge is 2.45. The minimum atomic E-state index is 0. The molecule has 21 heavy (non-hydrogen) atoms. The Balaban J connectivity index is 0.00000161. The lowest BCUT2D eigenvalue weighted by atomic mass is 9.90. The summed E-state index contributed by atoms with van der Waals surface area (Å²) in [4.78, 5) is 15.0. The van der Waals surface area contributed by atoms with Gasteiger partial charge in [0.1, 0.15) is 0 Å². The van der Waals surface area contributed by atoms with Crippen molar-refractivity contribution in [3.05, 3.63) is 29.3 Å². The van der Waals surface area contributed by atoms with E-state index in [-0.39, 0.29) is 23.9 Å². The van der Waals surface area contributed by atoms with E-state index in [0.29, 0.717) is 6.42 Å². The summed E-state index contributed by atoms with van der Waals surface area (Å²) in [5.74, 6) is 0.177. The fraction of sp³-hybridized carbons (Fsp3) is 0.588. The first kappa shape index (κ1) is 16.3. The van der Waals surface area contributed by atoms with E-state index >= 15 is 0 Å². The summed E-state index contributed by atoms with van der Waals surface area (Å²) in [6.07, 6.45) is 5.52. The number of carbonyl (C=O) groups is 1. The van der Waals surface area contributed by atoms with E-state index in [0.717, 1.165) is 16.8 Å². The van der Waals surface area contributed by atoms with E-state index in [2.05, 4.69) is 36.2 Å². The topological polar surface area (TPSA) is 32.3 Å². The predicted octanol–water partition coefficient (Wildman–Crippen LogP) is 3.68. The number of carbonyl (C=O) groups excluding carboxylic acids is 1. The summed E-state index contributed by atoms with van der Waals surface area (Å²) in [6, 6.07) is 6.14. The van der Waals surface area contributed by atoms with Crippen LogP contribution in [-0.4, -0.2) is 29.4 Å². The number of amides is 1. The number of benzene rings is 1. The molecule has 0 radical (unpaired) electrons. The molecule has 0 spiro atoms. The maximum atomic E-state index is 12.5. The third-order valence-electron chi connectivity index (χ3n) is 5.05. The highest BCUT2D eigenvalue weighted by molar-refractivity contribution is 5.93. The quantitative estimate of drug-likeness (QED) is 0.924. The fourth-order valence-electron chi connectivity index (χ4n) is 4.01. The smallest absolute Gasteiger partial charge is 0.226 e. The van der Waals surface area contributed by atoms with Gasteiger partial charge in [0, 0.05) is 17.6 Å². The van der Waals surface area contributed by atoms with Crippen molar-refractivity contribution < 1.29 is 4.79 Å². The van der Waals surface area contributed by atoms with Crippen molar-refractivity contribution in [2.75, 3.05) is 18.4 Å². The zero-order chi connectivity index (χ0) is 14.2. The Hall–Kier alpha value is -1.06. The van der Waals surface area contributed by atoms with Gasteiger partial charge in [-0.3, -0.25) is 9.69 Å². The van der Waals surface area contributed by atoms with Gasteiger partial charge in [-0.2, -0.15) is 0 Å². The first-order valence-corrected chi connectivity index (χ1v) is 7.72. The highest BCUT2D eigenvalue weighted by atomic mass is 35.5. The Labute approximate surface area is 133 Å². The van der Waals surface area contributed by atoms with Crippen LogP contribution in [-0.2, 0) is 4.79 Å². The predicted molar refractivity (Wildman–Crippen MR) is 89.2 cm³/mol. The number of anilines is 1. The molecular weight excluding hydrogens is 284 g/mol. The molecule has 0 unspecified atom stereocenters. The summed E-state index contributed by atoms with van der Waals surface area (Å²) < 4.78 is 0. The molecule has 1 amide bonds. The number of fused-ring (bicyclic) bond motifs is 1. The summed E-state index contributed by atoms with van der Waals surface area (Å²) >= 11 is 0. The number of hydrogen-bond acceptors (Lipinski definition) is 2. The molecule has 2 aliphatic heterocycles. The van der Waals surface area contributed by atoms with Crippen molar-refractivity contribution in [2.24, 2.45) is 0 Å². The van der Waals surface area contributed by atoms with E-state index in [1.54, 1.807) is 0 Å². The number of rotatable bonds is 3. The van der Waals surface area contributed by atoms with Crippen molar-refractivity contribution in [3.8, 4) is 0 Å². The van der Waals surface area contributed by atoms with Crippen LogP contribution < -0.4 is 5.32 Å². The van der Waals surface area contributed by atoms with Crippen LogP contribution in [0.15, 0.2) is 18.2 Å². The largest absolute Gasteiger partial charge is 0.326 e. The van der Waals surface area contributed by atoms with Gasteiger partial charge in [0.05, 0.1) is 0 Å². The molecule has 1 aromatic rings. The van der Waals surface area contributed by atoms with Crippen LogP contribution in [0.5, 0.6) is 0 Å². The van der Waals surface area contributed by atoms with Gasteiger partial charge in [-0.05, 0) is 63.7 Å². The molecular formula is C17H25ClN2O. The Kier molecular flexibility index (Phi) is 4.95. The second kappa shape index (κ2) is 6.37. The monoisotopic (exact) mass is 308 g/mol. The van der Waals surface area contributed by atoms with Crippen molar-refractivity contribution in [3.63, 3.8) is 0 Å². The van der Waals surface area contributed by atoms with Crippen LogP contribution in [0.1, 0.15) is 43.2 Å². The van der Waals surface area contributed by atoms with Gasteiger partial charge in [0.25, 0.3) is 0 Å². The average Bonchev–Trinajstić information content (AvgIpc) is 2.93. The molecule has 3 nitrogen and oxygen atoms in total. The Bertz CT molecular complexity index is 499. The molecule has 4 heteroatoms. The first-order valence-electron chi connectivity index (χ1n) is 7.72. The molecule has 0 aliphatic carbocycles. The number of hydrogen-bond donors (Lipinski definition) is 1. The standard InChI is InChI=1S/C17H24N2O.ClH/c1-13-6-3-7-14(2)16(13)18-15(20)12-17-8-4-10-19(17)11-5-9-17;/h3,6-7H,4-5,8-12H2,1-2H3,(H,18,20);1H. The van der Waals surface area contributed by atoms with E-state index in [4.69, 9.17) is 0 Å². The minimum absolute atomic E-state index is 0. The molecule has 1 aromatic carbocycles. The van der Waals surface area contributed by atoms with Crippen LogP contribution in [0.2, 0.25) is 0 Å². The second-order valence-corrected chi connectivity index (χ2v) is 6.41. The van der Waals surface area contributed by atoms with Gasteiger partial charge >= 0.3 is 0 Å². The van der Waals surface area contributed by atoms with Crippen molar-refractivity contribution in [1.82, 2.24) is 4.90 Å². The number of halogens is 1. The van der Waals surface area contributed by atoms with Crippen LogP contribution >= 0.6 is 12.4 Å². The highest BCUT2D eigenvalue weighted by Crippen LogP contribution is 2.41. The van der Waals surface area contributed by atoms with Gasteiger partial charge in [-0.15, -0.1) is 12.4 Å². The third kappa shape index (κ3) is 3.09. The van der Waals surface area contributed by atoms with Crippen LogP contribution in [0.4, 0.5) is 5.69 Å². The SMILES string of the molecule is Cc1cccc(C)c1NC(=O)CC12CCCN1CCC2.Cl. The molecule has 2 saturated heterocycles. The van der Waals surface area contributed by atoms with E-state index in [9.17, 15) is 4.79 Å². The van der Waals surface area contributed by atoms with Crippen molar-refractivity contribution in [2.45, 2.75) is 51.5 Å². The normalized spacial score (nSPS) is 19.9. The summed E-state index contributed by atoms with van der Waals surface area (Å²) in [5.41, 5.74) is 3.45. The second-order valence-electron chi connectivity index (χ2n) is 6.41. The van der Waals surface area contributed by atoms with Gasteiger partial charge < -0.3 is 5.32 Å². The molecule has 0 atom stereocenters. The maximum absolute atomic E-state index is 12.5. The van der Waals surface area contributed by atoms with E-state index < -0.39 is 0 Å². The third-order valence-corrected chi connectivity index (χ3v) is 5.05. The lowest BCUT2D eigenvalue weighted by Gasteiger charge is -2.31. The Morgan fingerprint density at radius 1 is 1.19 bits per heavy atom. The van der Waals surface area contributed by atoms with Gasteiger partial charge in [0.2, 0.25) is 5.91 Å². The van der Waals surface area contributed by atoms with Crippen molar-refractivity contribution in [1.29, 1.82) is 0 Å². The molecule has 0 saturated carbocycles. The number of para-hydroxylation sites is 1.